The molecule has 0 radical (unpaired) electrons. The maximum atomic E-state index is 12.4. The molecule has 1 heterocycles. The number of hydrogen-bond donors (Lipinski definition) is 1. The van der Waals surface area contributed by atoms with Crippen molar-refractivity contribution in [3.63, 3.8) is 0 Å². The summed E-state index contributed by atoms with van der Waals surface area (Å²) in [7, 11) is 0. The van der Waals surface area contributed by atoms with Crippen molar-refractivity contribution < 1.29 is 4.79 Å². The van der Waals surface area contributed by atoms with E-state index in [1.807, 2.05) is 67.6 Å². The van der Waals surface area contributed by atoms with Gasteiger partial charge in [0.2, 0.25) is 5.91 Å². The lowest BCUT2D eigenvalue weighted by Crippen LogP contribution is -2.22. The minimum atomic E-state index is -0.201. The Morgan fingerprint density at radius 1 is 1.00 bits per heavy atom. The van der Waals surface area contributed by atoms with E-state index in [1.165, 1.54) is 22.9 Å². The fraction of sp³-hybridized carbons (Fsp3) is 0.143. The van der Waals surface area contributed by atoms with E-state index in [2.05, 4.69) is 10.3 Å². The van der Waals surface area contributed by atoms with Crippen LogP contribution in [0.1, 0.15) is 18.1 Å². The molecule has 0 aliphatic carbocycles. The number of carbonyl (C=O) groups is 1. The topological polar surface area (TPSA) is 42.0 Å². The summed E-state index contributed by atoms with van der Waals surface area (Å²) in [6, 6.07) is 19.5. The van der Waals surface area contributed by atoms with E-state index < -0.39 is 0 Å². The van der Waals surface area contributed by atoms with Gasteiger partial charge in [-0.05, 0) is 73.0 Å². The summed E-state index contributed by atoms with van der Waals surface area (Å²) in [6.07, 6.45) is 4.44. The van der Waals surface area contributed by atoms with Crippen LogP contribution < -0.4 is 5.32 Å². The van der Waals surface area contributed by atoms with Crippen molar-refractivity contribution in [1.82, 2.24) is 4.98 Å². The first kappa shape index (κ1) is 18.5. The summed E-state index contributed by atoms with van der Waals surface area (Å²) in [6.45, 7) is 1.90. The van der Waals surface area contributed by atoms with Crippen LogP contribution in [-0.4, -0.2) is 16.1 Å². The first-order chi connectivity index (χ1) is 12.6. The van der Waals surface area contributed by atoms with E-state index in [4.69, 9.17) is 11.6 Å². The molecule has 1 N–H and O–H groups in total. The normalized spacial score (nSPS) is 11.8. The molecule has 3 aromatic rings. The third-order valence-corrected chi connectivity index (χ3v) is 5.24. The van der Waals surface area contributed by atoms with Crippen molar-refractivity contribution in [2.24, 2.45) is 0 Å². The number of nitrogens with one attached hydrogen (secondary N) is 1. The zero-order chi connectivity index (χ0) is 18.4. The molecule has 0 bridgehead atoms. The molecule has 1 atom stereocenters. The highest BCUT2D eigenvalue weighted by molar-refractivity contribution is 8.00. The molecule has 0 fully saturated rings. The Morgan fingerprint density at radius 3 is 2.27 bits per heavy atom. The number of halogens is 1. The number of thioether (sulfide) groups is 1. The molecular weight excluding hydrogens is 364 g/mol. The Bertz CT molecular complexity index is 851. The quantitative estimate of drug-likeness (QED) is 0.577. The Labute approximate surface area is 162 Å². The van der Waals surface area contributed by atoms with E-state index >= 15 is 0 Å². The Kier molecular flexibility index (Phi) is 6.31. The number of aromatic nitrogens is 1. The Balaban J connectivity index is 1.56. The van der Waals surface area contributed by atoms with Crippen LogP contribution in [0.3, 0.4) is 0 Å². The van der Waals surface area contributed by atoms with Gasteiger partial charge in [-0.15, -0.1) is 11.8 Å². The number of amides is 1. The van der Waals surface area contributed by atoms with Gasteiger partial charge in [0.15, 0.2) is 0 Å². The van der Waals surface area contributed by atoms with Crippen LogP contribution in [0.5, 0.6) is 0 Å². The van der Waals surface area contributed by atoms with E-state index in [-0.39, 0.29) is 11.2 Å². The number of anilines is 1. The number of hydrogen-bond acceptors (Lipinski definition) is 3. The van der Waals surface area contributed by atoms with Crippen molar-refractivity contribution in [3.8, 4) is 0 Å². The standard InChI is InChI=1S/C21H19ClN2OS/c1-15(26-20-8-4-18(22)5-9-20)21(25)24-19-6-2-16(3-7-19)14-17-10-12-23-13-11-17/h2-13,15H,14H2,1H3,(H,24,25)/t15-/m0/s1. The van der Waals surface area contributed by atoms with Gasteiger partial charge in [0.1, 0.15) is 0 Å². The van der Waals surface area contributed by atoms with Crippen LogP contribution >= 0.6 is 23.4 Å². The molecule has 26 heavy (non-hydrogen) atoms. The van der Waals surface area contributed by atoms with E-state index in [1.54, 1.807) is 12.4 Å². The molecule has 0 aliphatic rings. The lowest BCUT2D eigenvalue weighted by Gasteiger charge is -2.12. The van der Waals surface area contributed by atoms with E-state index in [0.29, 0.717) is 5.02 Å². The van der Waals surface area contributed by atoms with Crippen molar-refractivity contribution in [2.45, 2.75) is 23.5 Å². The monoisotopic (exact) mass is 382 g/mol. The highest BCUT2D eigenvalue weighted by atomic mass is 35.5. The molecule has 3 rings (SSSR count). The molecule has 0 aliphatic heterocycles. The molecule has 0 saturated heterocycles. The lowest BCUT2D eigenvalue weighted by atomic mass is 10.1. The van der Waals surface area contributed by atoms with Crippen LogP contribution in [0.4, 0.5) is 5.69 Å². The van der Waals surface area contributed by atoms with E-state index in [0.717, 1.165) is 17.0 Å². The van der Waals surface area contributed by atoms with Gasteiger partial charge < -0.3 is 5.32 Å². The second-order valence-corrected chi connectivity index (χ2v) is 7.78. The summed E-state index contributed by atoms with van der Waals surface area (Å²) < 4.78 is 0. The van der Waals surface area contributed by atoms with Crippen LogP contribution in [0.15, 0.2) is 78.0 Å². The van der Waals surface area contributed by atoms with Gasteiger partial charge in [-0.2, -0.15) is 0 Å². The molecule has 1 amide bonds. The van der Waals surface area contributed by atoms with Gasteiger partial charge in [0.05, 0.1) is 5.25 Å². The molecule has 5 heteroatoms. The third kappa shape index (κ3) is 5.35. The Morgan fingerprint density at radius 2 is 1.62 bits per heavy atom. The number of rotatable bonds is 6. The van der Waals surface area contributed by atoms with Crippen molar-refractivity contribution in [1.29, 1.82) is 0 Å². The second-order valence-electron chi connectivity index (χ2n) is 5.93. The molecule has 0 unspecified atom stereocenters. The number of benzene rings is 2. The summed E-state index contributed by atoms with van der Waals surface area (Å²) in [5.74, 6) is -0.0215. The number of carbonyl (C=O) groups excluding carboxylic acids is 1. The molecule has 2 aromatic carbocycles. The molecule has 0 spiro atoms. The maximum Gasteiger partial charge on any atom is 0.237 e. The van der Waals surface area contributed by atoms with Gasteiger partial charge in [0.25, 0.3) is 0 Å². The summed E-state index contributed by atoms with van der Waals surface area (Å²) in [5, 5.41) is 3.46. The molecular formula is C21H19ClN2OS. The Hall–Kier alpha value is -2.30. The number of nitrogens with zero attached hydrogens (tertiary/aromatic N) is 1. The van der Waals surface area contributed by atoms with Crippen molar-refractivity contribution >= 4 is 35.0 Å². The van der Waals surface area contributed by atoms with Crippen LogP contribution in [0.25, 0.3) is 0 Å². The van der Waals surface area contributed by atoms with Crippen molar-refractivity contribution in [2.75, 3.05) is 5.32 Å². The minimum absolute atomic E-state index is 0.0215. The van der Waals surface area contributed by atoms with Gasteiger partial charge in [-0.25, -0.2) is 0 Å². The minimum Gasteiger partial charge on any atom is -0.325 e. The molecule has 132 valence electrons. The fourth-order valence-electron chi connectivity index (χ4n) is 2.46. The summed E-state index contributed by atoms with van der Waals surface area (Å²) in [4.78, 5) is 17.4. The predicted octanol–water partition coefficient (Wildman–Crippen LogP) is 5.45. The van der Waals surface area contributed by atoms with E-state index in [9.17, 15) is 4.79 Å². The number of pyridine rings is 1. The largest absolute Gasteiger partial charge is 0.325 e. The van der Waals surface area contributed by atoms with Crippen molar-refractivity contribution in [3.05, 3.63) is 89.2 Å². The zero-order valence-electron chi connectivity index (χ0n) is 14.4. The molecule has 1 aromatic heterocycles. The van der Waals surface area contributed by atoms with Gasteiger partial charge in [-0.1, -0.05) is 23.7 Å². The van der Waals surface area contributed by atoms with Gasteiger partial charge >= 0.3 is 0 Å². The summed E-state index contributed by atoms with van der Waals surface area (Å²) >= 11 is 7.40. The smallest absolute Gasteiger partial charge is 0.237 e. The first-order valence-electron chi connectivity index (χ1n) is 8.31. The second kappa shape index (κ2) is 8.88. The van der Waals surface area contributed by atoms with Crippen LogP contribution in [-0.2, 0) is 11.2 Å². The van der Waals surface area contributed by atoms with Crippen LogP contribution in [0.2, 0.25) is 5.02 Å². The maximum absolute atomic E-state index is 12.4. The lowest BCUT2D eigenvalue weighted by molar-refractivity contribution is -0.115. The van der Waals surface area contributed by atoms with Gasteiger partial charge in [-0.3, -0.25) is 9.78 Å². The average molecular weight is 383 g/mol. The highest BCUT2D eigenvalue weighted by Crippen LogP contribution is 2.25. The molecule has 3 nitrogen and oxygen atoms in total. The highest BCUT2D eigenvalue weighted by Gasteiger charge is 2.14. The SMILES string of the molecule is C[C@H](Sc1ccc(Cl)cc1)C(=O)Nc1ccc(Cc2ccncc2)cc1. The zero-order valence-corrected chi connectivity index (χ0v) is 15.9. The van der Waals surface area contributed by atoms with Crippen LogP contribution in [0, 0.1) is 0 Å². The van der Waals surface area contributed by atoms with Gasteiger partial charge in [0, 0.05) is 28.0 Å². The average Bonchev–Trinajstić information content (AvgIpc) is 2.66. The molecule has 0 saturated carbocycles. The summed E-state index contributed by atoms with van der Waals surface area (Å²) in [5.41, 5.74) is 3.21. The predicted molar refractivity (Wildman–Crippen MR) is 109 cm³/mol. The first-order valence-corrected chi connectivity index (χ1v) is 9.57. The fourth-order valence-corrected chi connectivity index (χ4v) is 3.45. The third-order valence-electron chi connectivity index (χ3n) is 3.87.